The number of anilines is 1. The molecular formula is C14H19BrN2O3. The maximum Gasteiger partial charge on any atom is 0.337 e. The van der Waals surface area contributed by atoms with Crippen molar-refractivity contribution in [1.82, 2.24) is 5.32 Å². The van der Waals surface area contributed by atoms with Gasteiger partial charge in [0.25, 0.3) is 0 Å². The summed E-state index contributed by atoms with van der Waals surface area (Å²) in [6, 6.07) is 4.28. The Morgan fingerprint density at radius 1 is 1.35 bits per heavy atom. The second-order valence-electron chi connectivity index (χ2n) is 5.32. The number of benzene rings is 1. The van der Waals surface area contributed by atoms with E-state index in [-0.39, 0.29) is 16.7 Å². The molecule has 0 aliphatic carbocycles. The molecule has 0 spiro atoms. The first kappa shape index (κ1) is 16.5. The number of hydrogen-bond donors (Lipinski definition) is 3. The van der Waals surface area contributed by atoms with Crippen LogP contribution in [0, 0.1) is 5.41 Å². The van der Waals surface area contributed by atoms with E-state index in [1.165, 1.54) is 6.07 Å². The number of halogens is 1. The second-order valence-corrected chi connectivity index (χ2v) is 6.24. The maximum atomic E-state index is 11.8. The number of carboxylic acids is 1. The highest BCUT2D eigenvalue weighted by molar-refractivity contribution is 9.10. The molecule has 0 saturated heterocycles. The standard InChI is InChI=1S/C14H19BrN2O3/c1-4-14(2,3)8-16-13(20)17-11-6-5-9(15)7-10(11)12(18)19/h5-7H,4,8H2,1-3H3,(H,18,19)(H2,16,17,20). The van der Waals surface area contributed by atoms with Crippen LogP contribution in [0.25, 0.3) is 0 Å². The van der Waals surface area contributed by atoms with Crippen LogP contribution in [-0.2, 0) is 0 Å². The van der Waals surface area contributed by atoms with Gasteiger partial charge in [-0.25, -0.2) is 9.59 Å². The van der Waals surface area contributed by atoms with Gasteiger partial charge in [0.05, 0.1) is 11.3 Å². The van der Waals surface area contributed by atoms with E-state index in [1.807, 2.05) is 0 Å². The zero-order valence-corrected chi connectivity index (χ0v) is 13.4. The average Bonchev–Trinajstić information content (AvgIpc) is 2.38. The Balaban J connectivity index is 2.74. The Morgan fingerprint density at radius 2 is 2.00 bits per heavy atom. The number of amides is 2. The molecule has 1 aromatic carbocycles. The molecule has 0 radical (unpaired) electrons. The van der Waals surface area contributed by atoms with Crippen molar-refractivity contribution >= 4 is 33.6 Å². The van der Waals surface area contributed by atoms with Gasteiger partial charge in [0.1, 0.15) is 0 Å². The third-order valence-corrected chi connectivity index (χ3v) is 3.64. The molecule has 6 heteroatoms. The van der Waals surface area contributed by atoms with E-state index < -0.39 is 12.0 Å². The number of carboxylic acid groups (broad SMARTS) is 1. The van der Waals surface area contributed by atoms with Crippen molar-refractivity contribution in [1.29, 1.82) is 0 Å². The quantitative estimate of drug-likeness (QED) is 0.763. The number of nitrogens with one attached hydrogen (secondary N) is 2. The molecule has 0 saturated carbocycles. The lowest BCUT2D eigenvalue weighted by molar-refractivity contribution is 0.0698. The van der Waals surface area contributed by atoms with Crippen molar-refractivity contribution < 1.29 is 14.7 Å². The molecule has 2 amide bonds. The van der Waals surface area contributed by atoms with Gasteiger partial charge in [-0.05, 0) is 30.0 Å². The SMILES string of the molecule is CCC(C)(C)CNC(=O)Nc1ccc(Br)cc1C(=O)O. The first-order valence-corrected chi connectivity index (χ1v) is 7.12. The minimum atomic E-state index is -1.09. The highest BCUT2D eigenvalue weighted by Crippen LogP contribution is 2.21. The van der Waals surface area contributed by atoms with Crippen molar-refractivity contribution in [3.05, 3.63) is 28.2 Å². The van der Waals surface area contributed by atoms with Gasteiger partial charge in [0.2, 0.25) is 0 Å². The van der Waals surface area contributed by atoms with Crippen molar-refractivity contribution in [2.45, 2.75) is 27.2 Å². The summed E-state index contributed by atoms with van der Waals surface area (Å²) in [4.78, 5) is 22.9. The molecule has 20 heavy (non-hydrogen) atoms. The van der Waals surface area contributed by atoms with Gasteiger partial charge >= 0.3 is 12.0 Å². The van der Waals surface area contributed by atoms with Crippen LogP contribution in [0.5, 0.6) is 0 Å². The van der Waals surface area contributed by atoms with Crippen LogP contribution in [0.2, 0.25) is 0 Å². The van der Waals surface area contributed by atoms with Gasteiger partial charge < -0.3 is 15.7 Å². The molecule has 5 nitrogen and oxygen atoms in total. The van der Waals surface area contributed by atoms with E-state index >= 15 is 0 Å². The summed E-state index contributed by atoms with van der Waals surface area (Å²) < 4.78 is 0.646. The largest absolute Gasteiger partial charge is 0.478 e. The summed E-state index contributed by atoms with van der Waals surface area (Å²) in [6.45, 7) is 6.68. The van der Waals surface area contributed by atoms with Crippen molar-refractivity contribution in [2.24, 2.45) is 5.41 Å². The Hall–Kier alpha value is -1.56. The second kappa shape index (κ2) is 6.74. The summed E-state index contributed by atoms with van der Waals surface area (Å²) in [5.74, 6) is -1.09. The summed E-state index contributed by atoms with van der Waals surface area (Å²) in [5, 5.41) is 14.4. The third kappa shape index (κ3) is 4.85. The number of carbonyl (C=O) groups excluding carboxylic acids is 1. The minimum Gasteiger partial charge on any atom is -0.478 e. The fourth-order valence-corrected chi connectivity index (χ4v) is 1.77. The summed E-state index contributed by atoms with van der Waals surface area (Å²) in [6.07, 6.45) is 0.936. The maximum absolute atomic E-state index is 11.8. The number of carbonyl (C=O) groups is 2. The molecule has 3 N–H and O–H groups in total. The molecule has 0 heterocycles. The van der Waals surface area contributed by atoms with Gasteiger partial charge in [-0.15, -0.1) is 0 Å². The van der Waals surface area contributed by atoms with Crippen LogP contribution in [0.1, 0.15) is 37.6 Å². The van der Waals surface area contributed by atoms with Gasteiger partial charge in [-0.1, -0.05) is 36.7 Å². The van der Waals surface area contributed by atoms with Gasteiger partial charge in [-0.2, -0.15) is 0 Å². The third-order valence-electron chi connectivity index (χ3n) is 3.14. The molecule has 0 fully saturated rings. The molecule has 0 bridgehead atoms. The van der Waals surface area contributed by atoms with Crippen LogP contribution in [0.15, 0.2) is 22.7 Å². The van der Waals surface area contributed by atoms with Gasteiger partial charge in [0.15, 0.2) is 0 Å². The summed E-state index contributed by atoms with van der Waals surface area (Å²) in [7, 11) is 0. The molecular weight excluding hydrogens is 324 g/mol. The predicted molar refractivity (Wildman–Crippen MR) is 82.2 cm³/mol. The van der Waals surface area contributed by atoms with Gasteiger partial charge in [-0.3, -0.25) is 0 Å². The molecule has 1 rings (SSSR count). The topological polar surface area (TPSA) is 78.4 Å². The molecule has 0 aromatic heterocycles. The van der Waals surface area contributed by atoms with Crippen molar-refractivity contribution in [2.75, 3.05) is 11.9 Å². The van der Waals surface area contributed by atoms with Crippen LogP contribution >= 0.6 is 15.9 Å². The summed E-state index contributed by atoms with van der Waals surface area (Å²) in [5.41, 5.74) is 0.323. The smallest absolute Gasteiger partial charge is 0.337 e. The number of urea groups is 1. The van der Waals surface area contributed by atoms with Crippen LogP contribution in [0.4, 0.5) is 10.5 Å². The molecule has 1 aromatic rings. The van der Waals surface area contributed by atoms with Crippen LogP contribution < -0.4 is 10.6 Å². The summed E-state index contributed by atoms with van der Waals surface area (Å²) >= 11 is 3.21. The first-order valence-electron chi connectivity index (χ1n) is 6.33. The van der Waals surface area contributed by atoms with Gasteiger partial charge in [0, 0.05) is 11.0 Å². The molecule has 0 aliphatic rings. The lowest BCUT2D eigenvalue weighted by Gasteiger charge is -2.23. The number of hydrogen-bond acceptors (Lipinski definition) is 2. The molecule has 0 aliphatic heterocycles. The number of rotatable bonds is 5. The van der Waals surface area contributed by atoms with E-state index in [1.54, 1.807) is 12.1 Å². The van der Waals surface area contributed by atoms with Crippen LogP contribution in [-0.4, -0.2) is 23.7 Å². The zero-order chi connectivity index (χ0) is 15.3. The highest BCUT2D eigenvalue weighted by atomic mass is 79.9. The lowest BCUT2D eigenvalue weighted by atomic mass is 9.90. The Bertz CT molecular complexity index is 515. The number of aromatic carboxylic acids is 1. The zero-order valence-electron chi connectivity index (χ0n) is 11.8. The Morgan fingerprint density at radius 3 is 2.55 bits per heavy atom. The Kier molecular flexibility index (Phi) is 5.56. The van der Waals surface area contributed by atoms with Crippen LogP contribution in [0.3, 0.4) is 0 Å². The normalized spacial score (nSPS) is 11.0. The Labute approximate surface area is 126 Å². The van der Waals surface area contributed by atoms with Crippen molar-refractivity contribution in [3.8, 4) is 0 Å². The first-order chi connectivity index (χ1) is 9.25. The predicted octanol–water partition coefficient (Wildman–Crippen LogP) is 3.71. The van der Waals surface area contributed by atoms with E-state index in [4.69, 9.17) is 5.11 Å². The molecule has 0 atom stereocenters. The van der Waals surface area contributed by atoms with Crippen molar-refractivity contribution in [3.63, 3.8) is 0 Å². The highest BCUT2D eigenvalue weighted by Gasteiger charge is 2.17. The van der Waals surface area contributed by atoms with E-state index in [0.29, 0.717) is 11.0 Å². The fraction of sp³-hybridized carbons (Fsp3) is 0.429. The lowest BCUT2D eigenvalue weighted by Crippen LogP contribution is -2.36. The van der Waals surface area contributed by atoms with E-state index in [2.05, 4.69) is 47.3 Å². The molecule has 110 valence electrons. The monoisotopic (exact) mass is 342 g/mol. The average molecular weight is 343 g/mol. The van der Waals surface area contributed by atoms with E-state index in [0.717, 1.165) is 6.42 Å². The fourth-order valence-electron chi connectivity index (χ4n) is 1.41. The minimum absolute atomic E-state index is 0.00663. The van der Waals surface area contributed by atoms with E-state index in [9.17, 15) is 9.59 Å². The molecule has 0 unspecified atom stereocenters.